The topological polar surface area (TPSA) is 58.6 Å². The standard InChI is InChI=1S/C26H31Cl2NO3/c1-4-26-12-11-21(20-10-9-19(13-22(20)28)32-15(2)14-30)23(17-5-7-18(27)8-6-17)24(26)16(3)29-25(26)31/h5-10,13,15-16,21,23-24,30H,4,11-12,14H2,1-3H3,(H,29,31)/t15-,16-,21+,23+,24+,26-/m1/s1. The zero-order valence-corrected chi connectivity index (χ0v) is 20.3. The summed E-state index contributed by atoms with van der Waals surface area (Å²) in [5, 5.41) is 13.9. The third-order valence-corrected chi connectivity index (χ3v) is 8.14. The van der Waals surface area contributed by atoms with Gasteiger partial charge in [-0.1, -0.05) is 48.3 Å². The normalized spacial score (nSPS) is 30.5. The second-order valence-corrected chi connectivity index (χ2v) is 10.2. The largest absolute Gasteiger partial charge is 0.488 e. The van der Waals surface area contributed by atoms with Crippen LogP contribution in [-0.2, 0) is 4.79 Å². The molecule has 2 N–H and O–H groups in total. The molecular weight excluding hydrogens is 445 g/mol. The van der Waals surface area contributed by atoms with Gasteiger partial charge >= 0.3 is 0 Å². The minimum absolute atomic E-state index is 0.0552. The van der Waals surface area contributed by atoms with Crippen molar-refractivity contribution in [1.82, 2.24) is 5.32 Å². The van der Waals surface area contributed by atoms with Crippen LogP contribution in [0.2, 0.25) is 10.0 Å². The Hall–Kier alpha value is -1.75. The number of carbonyl (C=O) groups excluding carboxylic acids is 1. The molecule has 1 saturated carbocycles. The molecular formula is C26H31Cl2NO3. The van der Waals surface area contributed by atoms with E-state index in [2.05, 4.69) is 31.3 Å². The maximum absolute atomic E-state index is 13.1. The van der Waals surface area contributed by atoms with Crippen LogP contribution >= 0.6 is 23.2 Å². The Kier molecular flexibility index (Phi) is 6.76. The summed E-state index contributed by atoms with van der Waals surface area (Å²) in [5.74, 6) is 1.31. The van der Waals surface area contributed by atoms with Crippen LogP contribution in [0.5, 0.6) is 5.75 Å². The van der Waals surface area contributed by atoms with Gasteiger partial charge in [-0.05, 0) is 80.3 Å². The molecule has 2 fully saturated rings. The highest BCUT2D eigenvalue weighted by atomic mass is 35.5. The lowest BCUT2D eigenvalue weighted by Crippen LogP contribution is -2.43. The maximum atomic E-state index is 13.1. The van der Waals surface area contributed by atoms with Crippen molar-refractivity contribution >= 4 is 29.1 Å². The zero-order valence-electron chi connectivity index (χ0n) is 18.8. The summed E-state index contributed by atoms with van der Waals surface area (Å²) in [6, 6.07) is 13.9. The van der Waals surface area contributed by atoms with E-state index in [1.165, 1.54) is 5.56 Å². The van der Waals surface area contributed by atoms with Crippen molar-refractivity contribution < 1.29 is 14.6 Å². The van der Waals surface area contributed by atoms with Crippen molar-refractivity contribution in [1.29, 1.82) is 0 Å². The molecule has 2 aromatic rings. The van der Waals surface area contributed by atoms with E-state index >= 15 is 0 Å². The highest BCUT2D eigenvalue weighted by molar-refractivity contribution is 6.31. The summed E-state index contributed by atoms with van der Waals surface area (Å²) in [4.78, 5) is 13.1. The van der Waals surface area contributed by atoms with E-state index in [1.54, 1.807) is 0 Å². The summed E-state index contributed by atoms with van der Waals surface area (Å²) in [5.41, 5.74) is 1.91. The smallest absolute Gasteiger partial charge is 0.226 e. The van der Waals surface area contributed by atoms with Crippen molar-refractivity contribution in [3.8, 4) is 5.75 Å². The zero-order chi connectivity index (χ0) is 23.0. The van der Waals surface area contributed by atoms with Gasteiger partial charge in [0.25, 0.3) is 0 Å². The third-order valence-electron chi connectivity index (χ3n) is 7.56. The lowest BCUT2D eigenvalue weighted by atomic mass is 9.54. The molecule has 1 aliphatic heterocycles. The number of ether oxygens (including phenoxy) is 1. The van der Waals surface area contributed by atoms with Crippen molar-refractivity contribution in [2.24, 2.45) is 11.3 Å². The number of aliphatic hydroxyl groups is 1. The highest BCUT2D eigenvalue weighted by Crippen LogP contribution is 2.60. The fraction of sp³-hybridized carbons (Fsp3) is 0.500. The van der Waals surface area contributed by atoms with Gasteiger partial charge in [-0.25, -0.2) is 0 Å². The summed E-state index contributed by atoms with van der Waals surface area (Å²) in [6.07, 6.45) is 2.25. The van der Waals surface area contributed by atoms with Gasteiger partial charge in [-0.2, -0.15) is 0 Å². The first-order valence-electron chi connectivity index (χ1n) is 11.4. The fourth-order valence-electron chi connectivity index (χ4n) is 6.05. The summed E-state index contributed by atoms with van der Waals surface area (Å²) in [6.45, 7) is 6.01. The van der Waals surface area contributed by atoms with Gasteiger partial charge in [0, 0.05) is 22.0 Å². The van der Waals surface area contributed by atoms with Crippen LogP contribution < -0.4 is 10.1 Å². The monoisotopic (exact) mass is 475 g/mol. The molecule has 4 rings (SSSR count). The van der Waals surface area contributed by atoms with Gasteiger partial charge in [0.2, 0.25) is 5.91 Å². The first-order valence-corrected chi connectivity index (χ1v) is 12.2. The molecule has 6 atom stereocenters. The van der Waals surface area contributed by atoms with Crippen molar-refractivity contribution in [3.63, 3.8) is 0 Å². The van der Waals surface area contributed by atoms with E-state index in [-0.39, 0.29) is 47.8 Å². The Morgan fingerprint density at radius 2 is 1.94 bits per heavy atom. The molecule has 6 heteroatoms. The van der Waals surface area contributed by atoms with Crippen LogP contribution in [0, 0.1) is 11.3 Å². The lowest BCUT2D eigenvalue weighted by Gasteiger charge is -2.47. The lowest BCUT2D eigenvalue weighted by molar-refractivity contribution is -0.131. The third kappa shape index (κ3) is 4.02. The molecule has 1 amide bonds. The van der Waals surface area contributed by atoms with Gasteiger partial charge < -0.3 is 15.2 Å². The van der Waals surface area contributed by atoms with E-state index in [9.17, 15) is 9.90 Å². The Bertz CT molecular complexity index is 980. The van der Waals surface area contributed by atoms with E-state index in [0.29, 0.717) is 15.8 Å². The molecule has 172 valence electrons. The number of carbonyl (C=O) groups is 1. The molecule has 4 nitrogen and oxygen atoms in total. The molecule has 2 aromatic carbocycles. The predicted octanol–water partition coefficient (Wildman–Crippen LogP) is 5.95. The number of benzene rings is 2. The second kappa shape index (κ2) is 9.24. The first kappa shape index (κ1) is 23.4. The molecule has 0 aromatic heterocycles. The van der Waals surface area contributed by atoms with E-state index in [4.69, 9.17) is 27.9 Å². The summed E-state index contributed by atoms with van der Waals surface area (Å²) >= 11 is 13.0. The van der Waals surface area contributed by atoms with Gasteiger partial charge in [-0.3, -0.25) is 4.79 Å². The number of halogens is 2. The molecule has 2 aliphatic rings. The number of amides is 1. The highest BCUT2D eigenvalue weighted by Gasteiger charge is 2.59. The van der Waals surface area contributed by atoms with Crippen LogP contribution in [0.1, 0.15) is 63.0 Å². The second-order valence-electron chi connectivity index (χ2n) is 9.31. The van der Waals surface area contributed by atoms with Crippen LogP contribution in [0.15, 0.2) is 42.5 Å². The van der Waals surface area contributed by atoms with E-state index < -0.39 is 0 Å². The van der Waals surface area contributed by atoms with Gasteiger partial charge in [-0.15, -0.1) is 0 Å². The molecule has 0 spiro atoms. The van der Waals surface area contributed by atoms with Gasteiger partial charge in [0.15, 0.2) is 0 Å². The number of hydrogen-bond donors (Lipinski definition) is 2. The number of fused-ring (bicyclic) bond motifs is 1. The van der Waals surface area contributed by atoms with Crippen LogP contribution in [0.3, 0.4) is 0 Å². The number of nitrogens with one attached hydrogen (secondary N) is 1. The Balaban J connectivity index is 1.78. The van der Waals surface area contributed by atoms with Crippen molar-refractivity contribution in [3.05, 3.63) is 63.6 Å². The molecule has 0 unspecified atom stereocenters. The Morgan fingerprint density at radius 3 is 2.56 bits per heavy atom. The van der Waals surface area contributed by atoms with Crippen LogP contribution in [0.4, 0.5) is 0 Å². The fourth-order valence-corrected chi connectivity index (χ4v) is 6.48. The summed E-state index contributed by atoms with van der Waals surface area (Å²) < 4.78 is 5.74. The van der Waals surface area contributed by atoms with E-state index in [0.717, 1.165) is 24.8 Å². The molecule has 32 heavy (non-hydrogen) atoms. The Labute approximate surface area is 200 Å². The van der Waals surface area contributed by atoms with Crippen molar-refractivity contribution in [2.45, 2.75) is 64.0 Å². The minimum Gasteiger partial charge on any atom is -0.488 e. The number of aliphatic hydroxyl groups excluding tert-OH is 1. The predicted molar refractivity (Wildman–Crippen MR) is 129 cm³/mol. The average molecular weight is 476 g/mol. The van der Waals surface area contributed by atoms with E-state index in [1.807, 2.05) is 37.3 Å². The first-order chi connectivity index (χ1) is 15.3. The van der Waals surface area contributed by atoms with Gasteiger partial charge in [0.05, 0.1) is 12.0 Å². The van der Waals surface area contributed by atoms with Crippen LogP contribution in [-0.4, -0.2) is 29.8 Å². The quantitative estimate of drug-likeness (QED) is 0.542. The average Bonchev–Trinajstić information content (AvgIpc) is 3.04. The molecule has 1 aliphatic carbocycles. The maximum Gasteiger partial charge on any atom is 0.226 e. The number of rotatable bonds is 6. The molecule has 0 bridgehead atoms. The molecule has 0 radical (unpaired) electrons. The van der Waals surface area contributed by atoms with Crippen LogP contribution in [0.25, 0.3) is 0 Å². The SMILES string of the molecule is CC[C@@]12CC[C@@H](c3ccc(O[C@H](C)CO)cc3Cl)[C@H](c3ccc(Cl)cc3)[C@@H]1[C@@H](C)NC2=O. The number of hydrogen-bond acceptors (Lipinski definition) is 3. The Morgan fingerprint density at radius 1 is 1.22 bits per heavy atom. The van der Waals surface area contributed by atoms with Gasteiger partial charge in [0.1, 0.15) is 11.9 Å². The molecule has 1 saturated heterocycles. The minimum atomic E-state index is -0.355. The van der Waals surface area contributed by atoms with Crippen molar-refractivity contribution in [2.75, 3.05) is 6.61 Å². The summed E-state index contributed by atoms with van der Waals surface area (Å²) in [7, 11) is 0. The molecule has 1 heterocycles.